The van der Waals surface area contributed by atoms with Crippen LogP contribution in [-0.2, 0) is 22.6 Å². The fourth-order valence-corrected chi connectivity index (χ4v) is 3.86. The van der Waals surface area contributed by atoms with Crippen molar-refractivity contribution in [2.75, 3.05) is 19.8 Å². The van der Waals surface area contributed by atoms with Gasteiger partial charge in [0, 0.05) is 24.5 Å². The first-order valence-corrected chi connectivity index (χ1v) is 11.1. The molecule has 0 saturated heterocycles. The lowest BCUT2D eigenvalue weighted by Crippen LogP contribution is -2.49. The van der Waals surface area contributed by atoms with Crippen LogP contribution in [0.2, 0.25) is 5.02 Å². The summed E-state index contributed by atoms with van der Waals surface area (Å²) in [5.74, 6) is 1.19. The first-order chi connectivity index (χ1) is 15.0. The second kappa shape index (κ2) is 11.0. The molecule has 2 aromatic carbocycles. The van der Waals surface area contributed by atoms with Crippen molar-refractivity contribution in [3.8, 4) is 11.5 Å². The second-order valence-electron chi connectivity index (χ2n) is 7.41. The Morgan fingerprint density at radius 2 is 1.84 bits per heavy atom. The van der Waals surface area contributed by atoms with Crippen LogP contribution >= 0.6 is 11.6 Å². The number of nitrogens with one attached hydrogen (secondary N) is 1. The molecule has 1 aliphatic heterocycles. The Bertz CT molecular complexity index is 918. The highest BCUT2D eigenvalue weighted by Gasteiger charge is 2.28. The summed E-state index contributed by atoms with van der Waals surface area (Å²) < 4.78 is 11.2. The molecule has 2 amide bonds. The van der Waals surface area contributed by atoms with Gasteiger partial charge in [-0.15, -0.1) is 0 Å². The molecule has 0 spiro atoms. The Labute approximate surface area is 188 Å². The average Bonchev–Trinajstić information content (AvgIpc) is 2.78. The number of rotatable bonds is 9. The molecule has 6 nitrogen and oxygen atoms in total. The summed E-state index contributed by atoms with van der Waals surface area (Å²) >= 11 is 6.34. The van der Waals surface area contributed by atoms with E-state index >= 15 is 0 Å². The molecule has 1 N–H and O–H groups in total. The third kappa shape index (κ3) is 5.91. The summed E-state index contributed by atoms with van der Waals surface area (Å²) in [5.41, 5.74) is 1.81. The molecule has 1 atom stereocenters. The van der Waals surface area contributed by atoms with E-state index in [1.807, 2.05) is 50.2 Å². The number of ether oxygens (including phenoxy) is 2. The van der Waals surface area contributed by atoms with E-state index in [-0.39, 0.29) is 24.8 Å². The van der Waals surface area contributed by atoms with Crippen LogP contribution in [0.25, 0.3) is 0 Å². The van der Waals surface area contributed by atoms with Crippen molar-refractivity contribution in [2.24, 2.45) is 0 Å². The van der Waals surface area contributed by atoms with Gasteiger partial charge in [0.15, 0.2) is 11.5 Å². The predicted molar refractivity (Wildman–Crippen MR) is 121 cm³/mol. The van der Waals surface area contributed by atoms with E-state index in [2.05, 4.69) is 5.32 Å². The molecule has 0 aromatic heterocycles. The van der Waals surface area contributed by atoms with Crippen molar-refractivity contribution in [3.63, 3.8) is 0 Å². The standard InChI is InChI=1S/C24H29ClN2O4/c1-3-20(24(29)26-4-2)27(16-18-7-5-6-8-19(18)25)23(28)12-10-17-9-11-21-22(15-17)31-14-13-30-21/h5-9,11,15,20H,3-4,10,12-14,16H2,1-2H3,(H,26,29)/t20-/m0/s1. The van der Waals surface area contributed by atoms with Crippen LogP contribution in [0.15, 0.2) is 42.5 Å². The molecule has 0 unspecified atom stereocenters. The number of nitrogens with zero attached hydrogens (tertiary/aromatic N) is 1. The summed E-state index contributed by atoms with van der Waals surface area (Å²) in [5, 5.41) is 3.43. The van der Waals surface area contributed by atoms with Crippen LogP contribution < -0.4 is 14.8 Å². The lowest BCUT2D eigenvalue weighted by molar-refractivity contribution is -0.141. The van der Waals surface area contributed by atoms with Crippen molar-refractivity contribution in [3.05, 3.63) is 58.6 Å². The van der Waals surface area contributed by atoms with Gasteiger partial charge in [0.2, 0.25) is 11.8 Å². The first-order valence-electron chi connectivity index (χ1n) is 10.7. The minimum absolute atomic E-state index is 0.0899. The summed E-state index contributed by atoms with van der Waals surface area (Å²) in [6, 6.07) is 12.6. The van der Waals surface area contributed by atoms with Gasteiger partial charge in [-0.1, -0.05) is 42.8 Å². The number of halogens is 1. The number of carbonyl (C=O) groups excluding carboxylic acids is 2. The number of fused-ring (bicyclic) bond motifs is 1. The monoisotopic (exact) mass is 444 g/mol. The molecule has 0 fully saturated rings. The van der Waals surface area contributed by atoms with Crippen LogP contribution in [0, 0.1) is 0 Å². The smallest absolute Gasteiger partial charge is 0.242 e. The fraction of sp³-hybridized carbons (Fsp3) is 0.417. The quantitative estimate of drug-likeness (QED) is 0.635. The third-order valence-corrected chi connectivity index (χ3v) is 5.64. The average molecular weight is 445 g/mol. The number of likely N-dealkylation sites (N-methyl/N-ethyl adjacent to an activating group) is 1. The summed E-state index contributed by atoms with van der Waals surface area (Å²) in [7, 11) is 0. The molecule has 0 bridgehead atoms. The van der Waals surface area contributed by atoms with Gasteiger partial charge in [0.25, 0.3) is 0 Å². The van der Waals surface area contributed by atoms with E-state index in [9.17, 15) is 9.59 Å². The van der Waals surface area contributed by atoms with Crippen LogP contribution in [0.3, 0.4) is 0 Å². The van der Waals surface area contributed by atoms with Crippen LogP contribution in [0.1, 0.15) is 37.8 Å². The van der Waals surface area contributed by atoms with Gasteiger partial charge in [-0.2, -0.15) is 0 Å². The van der Waals surface area contributed by atoms with E-state index in [0.717, 1.165) is 16.9 Å². The minimum atomic E-state index is -0.552. The summed E-state index contributed by atoms with van der Waals surface area (Å²) in [4.78, 5) is 27.6. The largest absolute Gasteiger partial charge is 0.486 e. The Kier molecular flexibility index (Phi) is 8.18. The van der Waals surface area contributed by atoms with E-state index in [4.69, 9.17) is 21.1 Å². The number of carbonyl (C=O) groups is 2. The second-order valence-corrected chi connectivity index (χ2v) is 7.82. The zero-order chi connectivity index (χ0) is 22.2. The number of hydrogen-bond acceptors (Lipinski definition) is 4. The molecule has 0 saturated carbocycles. The SMILES string of the molecule is CCNC(=O)[C@H](CC)N(Cc1ccccc1Cl)C(=O)CCc1ccc2c(c1)OCCO2. The number of benzene rings is 2. The van der Waals surface area contributed by atoms with E-state index < -0.39 is 6.04 Å². The van der Waals surface area contributed by atoms with Gasteiger partial charge in [0.05, 0.1) is 0 Å². The fourth-order valence-electron chi connectivity index (χ4n) is 3.66. The van der Waals surface area contributed by atoms with Crippen molar-refractivity contribution < 1.29 is 19.1 Å². The summed E-state index contributed by atoms with van der Waals surface area (Å²) in [6.45, 7) is 5.64. The van der Waals surface area contributed by atoms with Crippen LogP contribution in [-0.4, -0.2) is 42.5 Å². The topological polar surface area (TPSA) is 67.9 Å². The Hall–Kier alpha value is -2.73. The highest BCUT2D eigenvalue weighted by atomic mass is 35.5. The highest BCUT2D eigenvalue weighted by molar-refractivity contribution is 6.31. The van der Waals surface area contributed by atoms with E-state index in [1.54, 1.807) is 11.0 Å². The molecule has 3 rings (SSSR count). The van der Waals surface area contributed by atoms with Gasteiger partial charge in [-0.3, -0.25) is 9.59 Å². The van der Waals surface area contributed by atoms with Crippen LogP contribution in [0.5, 0.6) is 11.5 Å². The minimum Gasteiger partial charge on any atom is -0.486 e. The number of amides is 2. The van der Waals surface area contributed by atoms with Gasteiger partial charge in [-0.25, -0.2) is 0 Å². The molecule has 1 aliphatic rings. The highest BCUT2D eigenvalue weighted by Crippen LogP contribution is 2.31. The Morgan fingerprint density at radius 1 is 1.10 bits per heavy atom. The van der Waals surface area contributed by atoms with E-state index in [0.29, 0.717) is 43.4 Å². The van der Waals surface area contributed by atoms with Crippen molar-refractivity contribution >= 4 is 23.4 Å². The number of aryl methyl sites for hydroxylation is 1. The maximum absolute atomic E-state index is 13.3. The maximum Gasteiger partial charge on any atom is 0.242 e. The Morgan fingerprint density at radius 3 is 2.55 bits per heavy atom. The number of hydrogen-bond donors (Lipinski definition) is 1. The van der Waals surface area contributed by atoms with Gasteiger partial charge < -0.3 is 19.7 Å². The third-order valence-electron chi connectivity index (χ3n) is 5.27. The van der Waals surface area contributed by atoms with Crippen molar-refractivity contribution in [1.29, 1.82) is 0 Å². The molecule has 166 valence electrons. The maximum atomic E-state index is 13.3. The van der Waals surface area contributed by atoms with Gasteiger partial charge in [-0.05, 0) is 49.1 Å². The van der Waals surface area contributed by atoms with Crippen LogP contribution in [0.4, 0.5) is 0 Å². The molecule has 1 heterocycles. The van der Waals surface area contributed by atoms with Crippen molar-refractivity contribution in [1.82, 2.24) is 10.2 Å². The van der Waals surface area contributed by atoms with E-state index in [1.165, 1.54) is 0 Å². The molecule has 7 heteroatoms. The first kappa shape index (κ1) is 22.9. The van der Waals surface area contributed by atoms with Gasteiger partial charge in [0.1, 0.15) is 19.3 Å². The predicted octanol–water partition coefficient (Wildman–Crippen LogP) is 3.99. The normalized spacial score (nSPS) is 13.4. The Balaban J connectivity index is 1.76. The summed E-state index contributed by atoms with van der Waals surface area (Å²) in [6.07, 6.45) is 1.34. The lowest BCUT2D eigenvalue weighted by Gasteiger charge is -2.31. The molecular weight excluding hydrogens is 416 g/mol. The molecule has 0 radical (unpaired) electrons. The zero-order valence-electron chi connectivity index (χ0n) is 18.0. The zero-order valence-corrected chi connectivity index (χ0v) is 18.8. The van der Waals surface area contributed by atoms with Crippen molar-refractivity contribution in [2.45, 2.75) is 45.7 Å². The lowest BCUT2D eigenvalue weighted by atomic mass is 10.1. The molecule has 31 heavy (non-hydrogen) atoms. The van der Waals surface area contributed by atoms with Gasteiger partial charge >= 0.3 is 0 Å². The molecular formula is C24H29ClN2O4. The molecule has 0 aliphatic carbocycles. The molecule has 2 aromatic rings.